The first-order valence-corrected chi connectivity index (χ1v) is 8.63. The smallest absolute Gasteiger partial charge is 0.260 e. The van der Waals surface area contributed by atoms with Gasteiger partial charge in [0.1, 0.15) is 5.65 Å². The number of aromatic amines is 1. The zero-order valence-corrected chi connectivity index (χ0v) is 14.7. The van der Waals surface area contributed by atoms with E-state index in [1.54, 1.807) is 18.2 Å². The molecule has 7 heteroatoms. The van der Waals surface area contributed by atoms with Crippen LogP contribution in [0.4, 0.5) is 0 Å². The average Bonchev–Trinajstić information content (AvgIpc) is 2.95. The first-order valence-electron chi connectivity index (χ1n) is 7.87. The third-order valence-electron chi connectivity index (χ3n) is 4.42. The molecule has 0 aliphatic heterocycles. The van der Waals surface area contributed by atoms with Gasteiger partial charge in [0.05, 0.1) is 33.0 Å². The van der Waals surface area contributed by atoms with Crippen molar-refractivity contribution < 1.29 is 0 Å². The summed E-state index contributed by atoms with van der Waals surface area (Å²) in [6.07, 6.45) is 1.35. The highest BCUT2D eigenvalue weighted by Crippen LogP contribution is 2.37. The molecular weight excluding hydrogens is 371 g/mol. The number of halogens is 2. The molecule has 2 aromatic carbocycles. The van der Waals surface area contributed by atoms with Gasteiger partial charge in [-0.2, -0.15) is 0 Å². The molecule has 0 aliphatic carbocycles. The van der Waals surface area contributed by atoms with Crippen molar-refractivity contribution in [1.29, 1.82) is 0 Å². The zero-order chi connectivity index (χ0) is 17.8. The van der Waals surface area contributed by atoms with Crippen molar-refractivity contribution in [3.63, 3.8) is 0 Å². The topological polar surface area (TPSA) is 63.6 Å². The van der Waals surface area contributed by atoms with Crippen LogP contribution >= 0.6 is 23.2 Å². The van der Waals surface area contributed by atoms with Crippen LogP contribution in [-0.4, -0.2) is 19.5 Å². The van der Waals surface area contributed by atoms with Crippen LogP contribution in [0, 0.1) is 0 Å². The molecule has 0 bridgehead atoms. The summed E-state index contributed by atoms with van der Waals surface area (Å²) in [4.78, 5) is 23.6. The third-order valence-corrected chi connectivity index (χ3v) is 5.03. The minimum absolute atomic E-state index is 0.225. The molecule has 5 nitrogen and oxygen atoms in total. The van der Waals surface area contributed by atoms with Crippen LogP contribution in [0.25, 0.3) is 38.7 Å². The lowest BCUT2D eigenvalue weighted by Gasteiger charge is -2.11. The second kappa shape index (κ2) is 5.56. The molecule has 5 aromatic rings. The molecule has 0 spiro atoms. The molecule has 3 heterocycles. The van der Waals surface area contributed by atoms with E-state index >= 15 is 0 Å². The number of H-pyrrole nitrogens is 1. The summed E-state index contributed by atoms with van der Waals surface area (Å²) >= 11 is 12.9. The van der Waals surface area contributed by atoms with E-state index in [0.29, 0.717) is 32.4 Å². The van der Waals surface area contributed by atoms with Crippen molar-refractivity contribution in [2.24, 2.45) is 0 Å². The standard InChI is InChI=1S/C19H10Cl2N4O/c20-13-5-3-6-14(21)16(13)25-15-7-2-1-4-10(15)11-8-12-17(24-18(11)25)22-9-23-19(12)26/h1-9H,(H,22,23,24,26). The zero-order valence-electron chi connectivity index (χ0n) is 13.2. The van der Waals surface area contributed by atoms with Gasteiger partial charge in [-0.1, -0.05) is 47.5 Å². The van der Waals surface area contributed by atoms with Crippen LogP contribution in [0.5, 0.6) is 0 Å². The molecule has 0 saturated carbocycles. The largest absolute Gasteiger partial charge is 0.313 e. The average molecular weight is 381 g/mol. The molecule has 5 rings (SSSR count). The van der Waals surface area contributed by atoms with Crippen LogP contribution in [0.2, 0.25) is 10.0 Å². The van der Waals surface area contributed by atoms with Gasteiger partial charge in [0.2, 0.25) is 0 Å². The predicted molar refractivity (Wildman–Crippen MR) is 105 cm³/mol. The molecule has 0 amide bonds. The SMILES string of the molecule is O=c1[nH]cnc2nc3c(cc12)c1ccccc1n3-c1c(Cl)cccc1Cl. The fourth-order valence-electron chi connectivity index (χ4n) is 3.30. The minimum atomic E-state index is -0.225. The van der Waals surface area contributed by atoms with E-state index in [2.05, 4.69) is 15.0 Å². The van der Waals surface area contributed by atoms with E-state index in [4.69, 9.17) is 23.2 Å². The number of para-hydroxylation sites is 2. The molecule has 0 fully saturated rings. The van der Waals surface area contributed by atoms with Gasteiger partial charge in [-0.05, 0) is 24.3 Å². The van der Waals surface area contributed by atoms with Crippen LogP contribution in [-0.2, 0) is 0 Å². The summed E-state index contributed by atoms with van der Waals surface area (Å²) in [5.41, 5.74) is 2.34. The Morgan fingerprint density at radius 2 is 1.69 bits per heavy atom. The van der Waals surface area contributed by atoms with Crippen LogP contribution in [0.3, 0.4) is 0 Å². The van der Waals surface area contributed by atoms with E-state index < -0.39 is 0 Å². The third kappa shape index (κ3) is 2.08. The lowest BCUT2D eigenvalue weighted by molar-refractivity contribution is 1.11. The number of benzene rings is 2. The number of rotatable bonds is 1. The highest BCUT2D eigenvalue weighted by molar-refractivity contribution is 6.38. The summed E-state index contributed by atoms with van der Waals surface area (Å²) in [7, 11) is 0. The quantitative estimate of drug-likeness (QED) is 0.457. The second-order valence-corrected chi connectivity index (χ2v) is 6.70. The van der Waals surface area contributed by atoms with Gasteiger partial charge in [0.15, 0.2) is 5.65 Å². The highest BCUT2D eigenvalue weighted by atomic mass is 35.5. The second-order valence-electron chi connectivity index (χ2n) is 5.89. The summed E-state index contributed by atoms with van der Waals surface area (Å²) in [6.45, 7) is 0. The Hall–Kier alpha value is -2.89. The van der Waals surface area contributed by atoms with Crippen LogP contribution in [0.1, 0.15) is 0 Å². The maximum Gasteiger partial charge on any atom is 0.260 e. The lowest BCUT2D eigenvalue weighted by Crippen LogP contribution is -2.07. The lowest BCUT2D eigenvalue weighted by atomic mass is 10.2. The number of hydrogen-bond acceptors (Lipinski definition) is 3. The van der Waals surface area contributed by atoms with Gasteiger partial charge < -0.3 is 4.98 Å². The van der Waals surface area contributed by atoms with Gasteiger partial charge in [-0.15, -0.1) is 0 Å². The Balaban J connectivity index is 2.07. The van der Waals surface area contributed by atoms with Crippen molar-refractivity contribution >= 4 is 56.2 Å². The van der Waals surface area contributed by atoms with Crippen molar-refractivity contribution in [1.82, 2.24) is 19.5 Å². The first kappa shape index (κ1) is 15.4. The first-order chi connectivity index (χ1) is 12.6. The Morgan fingerprint density at radius 1 is 0.923 bits per heavy atom. The van der Waals surface area contributed by atoms with E-state index in [9.17, 15) is 4.79 Å². The Bertz CT molecular complexity index is 1370. The molecule has 0 radical (unpaired) electrons. The monoisotopic (exact) mass is 380 g/mol. The van der Waals surface area contributed by atoms with E-state index in [-0.39, 0.29) is 5.56 Å². The molecule has 0 saturated heterocycles. The Labute approximate surface area is 156 Å². The molecular formula is C19H10Cl2N4O. The molecule has 0 aliphatic rings. The van der Waals surface area contributed by atoms with Gasteiger partial charge in [0, 0.05) is 10.8 Å². The van der Waals surface area contributed by atoms with Crippen LogP contribution in [0.15, 0.2) is 59.7 Å². The number of aromatic nitrogens is 4. The molecule has 0 unspecified atom stereocenters. The molecule has 0 atom stereocenters. The number of fused-ring (bicyclic) bond motifs is 4. The van der Waals surface area contributed by atoms with Crippen molar-refractivity contribution in [3.05, 3.63) is 75.3 Å². The maximum absolute atomic E-state index is 12.2. The van der Waals surface area contributed by atoms with Crippen molar-refractivity contribution in [3.8, 4) is 5.69 Å². The minimum Gasteiger partial charge on any atom is -0.313 e. The molecule has 26 heavy (non-hydrogen) atoms. The predicted octanol–water partition coefficient (Wildman–Crippen LogP) is 4.72. The summed E-state index contributed by atoms with van der Waals surface area (Å²) < 4.78 is 1.91. The van der Waals surface area contributed by atoms with E-state index in [1.165, 1.54) is 6.33 Å². The number of nitrogens with one attached hydrogen (secondary N) is 1. The van der Waals surface area contributed by atoms with Crippen molar-refractivity contribution in [2.75, 3.05) is 0 Å². The molecule has 3 aromatic heterocycles. The number of nitrogens with zero attached hydrogens (tertiary/aromatic N) is 3. The van der Waals surface area contributed by atoms with Gasteiger partial charge in [-0.3, -0.25) is 9.36 Å². The highest BCUT2D eigenvalue weighted by Gasteiger charge is 2.18. The fourth-order valence-corrected chi connectivity index (χ4v) is 3.86. The number of hydrogen-bond donors (Lipinski definition) is 1. The van der Waals surface area contributed by atoms with Crippen LogP contribution < -0.4 is 5.56 Å². The fraction of sp³-hybridized carbons (Fsp3) is 0. The summed E-state index contributed by atoms with van der Waals surface area (Å²) in [6, 6.07) is 15.0. The Morgan fingerprint density at radius 3 is 2.50 bits per heavy atom. The molecule has 126 valence electrons. The maximum atomic E-state index is 12.2. The van der Waals surface area contributed by atoms with Crippen molar-refractivity contribution in [2.45, 2.75) is 0 Å². The van der Waals surface area contributed by atoms with E-state index in [0.717, 1.165) is 16.3 Å². The summed E-state index contributed by atoms with van der Waals surface area (Å²) in [5, 5.41) is 3.26. The van der Waals surface area contributed by atoms with E-state index in [1.807, 2.05) is 34.9 Å². The molecule has 1 N–H and O–H groups in total. The normalized spacial score (nSPS) is 11.6. The van der Waals surface area contributed by atoms with Gasteiger partial charge >= 0.3 is 0 Å². The Kier molecular flexibility index (Phi) is 3.29. The number of pyridine rings is 1. The summed E-state index contributed by atoms with van der Waals surface area (Å²) in [5.74, 6) is 0. The van der Waals surface area contributed by atoms with Gasteiger partial charge in [0.25, 0.3) is 5.56 Å². The van der Waals surface area contributed by atoms with Gasteiger partial charge in [-0.25, -0.2) is 9.97 Å².